The van der Waals surface area contributed by atoms with E-state index in [1.807, 2.05) is 36.4 Å². The number of amides is 2. The minimum atomic E-state index is -0.130. The maximum absolute atomic E-state index is 11.2. The van der Waals surface area contributed by atoms with Crippen molar-refractivity contribution in [3.8, 4) is 11.4 Å². The fraction of sp³-hybridized carbons (Fsp3) is 0.118. The number of hydrogen-bond acceptors (Lipinski definition) is 3. The molecule has 0 unspecified atom stereocenters. The molecule has 2 amide bonds. The van der Waals surface area contributed by atoms with Crippen LogP contribution in [0.2, 0.25) is 0 Å². The Kier molecular flexibility index (Phi) is 4.35. The van der Waals surface area contributed by atoms with Crippen LogP contribution in [-0.4, -0.2) is 21.8 Å². The number of carbonyl (C=O) groups is 2. The maximum Gasteiger partial charge on any atom is 0.221 e. The van der Waals surface area contributed by atoms with E-state index in [9.17, 15) is 9.59 Å². The second-order valence-corrected chi connectivity index (χ2v) is 6.23. The Bertz CT molecular complexity index is 932. The van der Waals surface area contributed by atoms with Crippen molar-refractivity contribution in [3.05, 3.63) is 40.9 Å². The molecule has 3 N–H and O–H groups in total. The van der Waals surface area contributed by atoms with Gasteiger partial charge < -0.3 is 15.6 Å². The molecule has 0 aliphatic carbocycles. The van der Waals surface area contributed by atoms with Crippen LogP contribution in [-0.2, 0) is 9.59 Å². The second kappa shape index (κ2) is 6.45. The summed E-state index contributed by atoms with van der Waals surface area (Å²) >= 11 is 3.48. The van der Waals surface area contributed by atoms with Crippen molar-refractivity contribution in [2.75, 3.05) is 10.6 Å². The number of nitrogens with zero attached hydrogens (tertiary/aromatic N) is 1. The Balaban J connectivity index is 1.96. The first-order valence-electron chi connectivity index (χ1n) is 7.27. The van der Waals surface area contributed by atoms with Gasteiger partial charge >= 0.3 is 0 Å². The molecule has 0 atom stereocenters. The molecular formula is C17H15BrN4O2. The van der Waals surface area contributed by atoms with Gasteiger partial charge in [0.2, 0.25) is 11.8 Å². The standard InChI is InChI=1S/C17H15BrN4O2/c1-9(23)19-12-5-3-11(4-6-12)17-21-15-8-13(20-10(2)24)7-14(18)16(15)22-17/h3-8H,1-2H3,(H,19,23)(H,20,24)(H,21,22). The van der Waals surface area contributed by atoms with Crippen LogP contribution < -0.4 is 10.6 Å². The zero-order valence-corrected chi connectivity index (χ0v) is 14.7. The number of nitrogens with one attached hydrogen (secondary N) is 3. The van der Waals surface area contributed by atoms with Gasteiger partial charge in [-0.1, -0.05) is 0 Å². The van der Waals surface area contributed by atoms with E-state index in [1.165, 1.54) is 13.8 Å². The van der Waals surface area contributed by atoms with Crippen LogP contribution in [0, 0.1) is 0 Å². The zero-order chi connectivity index (χ0) is 17.3. The van der Waals surface area contributed by atoms with Crippen molar-refractivity contribution in [3.63, 3.8) is 0 Å². The van der Waals surface area contributed by atoms with E-state index in [1.54, 1.807) is 0 Å². The Morgan fingerprint density at radius 2 is 1.62 bits per heavy atom. The number of benzene rings is 2. The molecule has 7 heteroatoms. The summed E-state index contributed by atoms with van der Waals surface area (Å²) in [6, 6.07) is 11.1. The molecule has 0 aliphatic rings. The number of aromatic nitrogens is 2. The quantitative estimate of drug-likeness (QED) is 0.637. The topological polar surface area (TPSA) is 86.9 Å². The molecule has 0 saturated heterocycles. The Morgan fingerprint density at radius 1 is 1.00 bits per heavy atom. The van der Waals surface area contributed by atoms with Crippen molar-refractivity contribution >= 4 is 50.2 Å². The first-order valence-corrected chi connectivity index (χ1v) is 8.06. The number of halogens is 1. The van der Waals surface area contributed by atoms with E-state index in [0.29, 0.717) is 11.5 Å². The highest BCUT2D eigenvalue weighted by atomic mass is 79.9. The summed E-state index contributed by atoms with van der Waals surface area (Å²) < 4.78 is 0.793. The fourth-order valence-electron chi connectivity index (χ4n) is 2.40. The molecule has 6 nitrogen and oxygen atoms in total. The summed E-state index contributed by atoms with van der Waals surface area (Å²) in [4.78, 5) is 30.1. The molecule has 24 heavy (non-hydrogen) atoms. The minimum Gasteiger partial charge on any atom is -0.338 e. The van der Waals surface area contributed by atoms with Crippen LogP contribution in [0.25, 0.3) is 22.4 Å². The van der Waals surface area contributed by atoms with Gasteiger partial charge in [0.1, 0.15) is 11.3 Å². The lowest BCUT2D eigenvalue weighted by Crippen LogP contribution is -2.05. The first kappa shape index (κ1) is 16.2. The molecule has 1 aromatic heterocycles. The molecule has 3 rings (SSSR count). The van der Waals surface area contributed by atoms with Gasteiger partial charge in [0.05, 0.1) is 5.52 Å². The number of aromatic amines is 1. The van der Waals surface area contributed by atoms with E-state index in [4.69, 9.17) is 0 Å². The molecular weight excluding hydrogens is 372 g/mol. The highest BCUT2D eigenvalue weighted by Gasteiger charge is 2.10. The largest absolute Gasteiger partial charge is 0.338 e. The lowest BCUT2D eigenvalue weighted by Gasteiger charge is -2.02. The summed E-state index contributed by atoms with van der Waals surface area (Å²) in [5.74, 6) is 0.468. The number of fused-ring (bicyclic) bond motifs is 1. The van der Waals surface area contributed by atoms with Gasteiger partial charge in [-0.15, -0.1) is 0 Å². The summed E-state index contributed by atoms with van der Waals surface area (Å²) in [5.41, 5.74) is 3.92. The highest BCUT2D eigenvalue weighted by molar-refractivity contribution is 9.10. The predicted molar refractivity (Wildman–Crippen MR) is 97.8 cm³/mol. The average molecular weight is 387 g/mol. The van der Waals surface area contributed by atoms with E-state index >= 15 is 0 Å². The minimum absolute atomic E-state index is 0.110. The molecule has 0 saturated carbocycles. The van der Waals surface area contributed by atoms with Crippen LogP contribution in [0.15, 0.2) is 40.9 Å². The third-order valence-electron chi connectivity index (χ3n) is 3.34. The van der Waals surface area contributed by atoms with Crippen molar-refractivity contribution in [2.24, 2.45) is 0 Å². The van der Waals surface area contributed by atoms with Crippen molar-refractivity contribution < 1.29 is 9.59 Å². The maximum atomic E-state index is 11.2. The van der Waals surface area contributed by atoms with Crippen molar-refractivity contribution in [1.29, 1.82) is 0 Å². The van der Waals surface area contributed by atoms with Crippen LogP contribution in [0.1, 0.15) is 13.8 Å². The highest BCUT2D eigenvalue weighted by Crippen LogP contribution is 2.29. The van der Waals surface area contributed by atoms with Gasteiger partial charge in [-0.3, -0.25) is 9.59 Å². The number of anilines is 2. The zero-order valence-electron chi connectivity index (χ0n) is 13.1. The molecule has 1 heterocycles. The van der Waals surface area contributed by atoms with Gasteiger partial charge in [-0.25, -0.2) is 4.98 Å². The normalized spacial score (nSPS) is 10.6. The number of hydrogen-bond donors (Lipinski definition) is 3. The summed E-state index contributed by atoms with van der Waals surface area (Å²) in [5, 5.41) is 5.48. The Labute approximate surface area is 146 Å². The fourth-order valence-corrected chi connectivity index (χ4v) is 2.95. The average Bonchev–Trinajstić information content (AvgIpc) is 2.91. The lowest BCUT2D eigenvalue weighted by molar-refractivity contribution is -0.115. The molecule has 2 aromatic carbocycles. The molecule has 0 bridgehead atoms. The van der Waals surface area contributed by atoms with Gasteiger partial charge in [0, 0.05) is 35.3 Å². The molecule has 0 radical (unpaired) electrons. The number of H-pyrrole nitrogens is 1. The van der Waals surface area contributed by atoms with E-state index in [2.05, 4.69) is 36.5 Å². The van der Waals surface area contributed by atoms with Gasteiger partial charge in [0.25, 0.3) is 0 Å². The lowest BCUT2D eigenvalue weighted by atomic mass is 10.2. The van der Waals surface area contributed by atoms with Crippen LogP contribution in [0.5, 0.6) is 0 Å². The predicted octanol–water partition coefficient (Wildman–Crippen LogP) is 3.91. The molecule has 0 spiro atoms. The van der Waals surface area contributed by atoms with Crippen molar-refractivity contribution in [1.82, 2.24) is 9.97 Å². The number of imidazole rings is 1. The Hall–Kier alpha value is -2.67. The molecule has 0 aliphatic heterocycles. The summed E-state index contributed by atoms with van der Waals surface area (Å²) in [7, 11) is 0. The van der Waals surface area contributed by atoms with Crippen LogP contribution in [0.3, 0.4) is 0 Å². The number of carbonyl (C=O) groups excluding carboxylic acids is 2. The summed E-state index contributed by atoms with van der Waals surface area (Å²) in [6.07, 6.45) is 0. The van der Waals surface area contributed by atoms with E-state index in [-0.39, 0.29) is 11.8 Å². The van der Waals surface area contributed by atoms with Crippen LogP contribution >= 0.6 is 15.9 Å². The first-order chi connectivity index (χ1) is 11.4. The van der Waals surface area contributed by atoms with Gasteiger partial charge in [-0.2, -0.15) is 0 Å². The smallest absolute Gasteiger partial charge is 0.221 e. The van der Waals surface area contributed by atoms with Crippen LogP contribution in [0.4, 0.5) is 11.4 Å². The van der Waals surface area contributed by atoms with E-state index < -0.39 is 0 Å². The summed E-state index contributed by atoms with van der Waals surface area (Å²) in [6.45, 7) is 2.93. The van der Waals surface area contributed by atoms with E-state index in [0.717, 1.165) is 26.8 Å². The third-order valence-corrected chi connectivity index (χ3v) is 3.94. The SMILES string of the molecule is CC(=O)Nc1ccc(-c2nc3c(Br)cc(NC(C)=O)cc3[nH]2)cc1. The molecule has 122 valence electrons. The number of rotatable bonds is 3. The second-order valence-electron chi connectivity index (χ2n) is 5.38. The third kappa shape index (κ3) is 3.46. The van der Waals surface area contributed by atoms with Gasteiger partial charge in [-0.05, 0) is 52.3 Å². The monoisotopic (exact) mass is 386 g/mol. The van der Waals surface area contributed by atoms with Gasteiger partial charge in [0.15, 0.2) is 0 Å². The molecule has 0 fully saturated rings. The molecule has 3 aromatic rings. The van der Waals surface area contributed by atoms with Crippen molar-refractivity contribution in [2.45, 2.75) is 13.8 Å². The Morgan fingerprint density at radius 3 is 2.25 bits per heavy atom.